The Bertz CT molecular complexity index is 1310. The fourth-order valence-electron chi connectivity index (χ4n) is 2.68. The normalized spacial score (nSPS) is 11.5. The molecule has 7 nitrogen and oxygen atoms in total. The van der Waals surface area contributed by atoms with Gasteiger partial charge in [0, 0.05) is 11.3 Å². The van der Waals surface area contributed by atoms with Crippen LogP contribution in [0.25, 0.3) is 0 Å². The summed E-state index contributed by atoms with van der Waals surface area (Å²) in [5, 5.41) is 0.165. The number of anilines is 1. The zero-order chi connectivity index (χ0) is 24.2. The molecule has 0 radical (unpaired) electrons. The van der Waals surface area contributed by atoms with Crippen molar-refractivity contribution in [1.82, 2.24) is 10.9 Å². The molecule has 33 heavy (non-hydrogen) atoms. The monoisotopic (exact) mass is 497 g/mol. The van der Waals surface area contributed by atoms with Crippen LogP contribution in [0, 0.1) is 0 Å². The Balaban J connectivity index is 1.74. The number of rotatable bonds is 5. The van der Waals surface area contributed by atoms with E-state index in [4.69, 9.17) is 11.6 Å². The van der Waals surface area contributed by atoms with Gasteiger partial charge in [0.1, 0.15) is 0 Å². The van der Waals surface area contributed by atoms with Crippen molar-refractivity contribution in [3.8, 4) is 0 Å². The lowest BCUT2D eigenvalue weighted by Gasteiger charge is -2.12. The quantitative estimate of drug-likeness (QED) is 0.459. The van der Waals surface area contributed by atoms with Crippen molar-refractivity contribution in [3.63, 3.8) is 0 Å². The number of halogens is 4. The summed E-state index contributed by atoms with van der Waals surface area (Å²) in [6.45, 7) is 0. The number of nitrogens with one attached hydrogen (secondary N) is 3. The van der Waals surface area contributed by atoms with Crippen LogP contribution < -0.4 is 15.6 Å². The van der Waals surface area contributed by atoms with Gasteiger partial charge in [0.2, 0.25) is 0 Å². The maximum atomic E-state index is 12.9. The summed E-state index contributed by atoms with van der Waals surface area (Å²) in [4.78, 5) is 24.1. The number of sulfonamides is 1. The zero-order valence-electron chi connectivity index (χ0n) is 16.5. The first-order valence-electron chi connectivity index (χ1n) is 9.13. The smallest absolute Gasteiger partial charge is 0.280 e. The Morgan fingerprint density at radius 3 is 2.18 bits per heavy atom. The van der Waals surface area contributed by atoms with Crippen LogP contribution in [0.2, 0.25) is 5.02 Å². The number of carbonyl (C=O) groups excluding carboxylic acids is 2. The number of hydrogen-bond acceptors (Lipinski definition) is 4. The summed E-state index contributed by atoms with van der Waals surface area (Å²) in [6.07, 6.45) is -4.64. The molecule has 0 fully saturated rings. The van der Waals surface area contributed by atoms with Gasteiger partial charge in [-0.05, 0) is 48.5 Å². The SMILES string of the molecule is O=C(NNC(=O)c1ccccc1Cl)c1cccc(S(=O)(=O)Nc2cccc(C(F)(F)F)c2)c1. The third-order valence-corrected chi connectivity index (χ3v) is 5.97. The van der Waals surface area contributed by atoms with Gasteiger partial charge in [-0.25, -0.2) is 8.42 Å². The summed E-state index contributed by atoms with van der Waals surface area (Å²) in [5.74, 6) is -1.52. The standard InChI is InChI=1S/C21H15ClF3N3O4S/c22-18-10-2-1-9-17(18)20(30)27-26-19(29)13-5-3-8-16(11-13)33(31,32)28-15-7-4-6-14(12-15)21(23,24)25/h1-12,28H,(H,26,29)(H,27,30). The number of hydrogen-bond donors (Lipinski definition) is 3. The summed E-state index contributed by atoms with van der Waals surface area (Å²) >= 11 is 5.91. The molecule has 12 heteroatoms. The number of carbonyl (C=O) groups is 2. The number of benzene rings is 3. The maximum Gasteiger partial charge on any atom is 0.416 e. The van der Waals surface area contributed by atoms with Crippen molar-refractivity contribution in [2.45, 2.75) is 11.1 Å². The van der Waals surface area contributed by atoms with Gasteiger partial charge in [-0.2, -0.15) is 13.2 Å². The van der Waals surface area contributed by atoms with Crippen molar-refractivity contribution in [2.24, 2.45) is 0 Å². The molecule has 0 unspecified atom stereocenters. The minimum absolute atomic E-state index is 0.112. The van der Waals surface area contributed by atoms with E-state index in [1.807, 2.05) is 4.72 Å². The van der Waals surface area contributed by atoms with E-state index in [-0.39, 0.29) is 26.7 Å². The van der Waals surface area contributed by atoms with Crippen LogP contribution >= 0.6 is 11.6 Å². The predicted molar refractivity (Wildman–Crippen MR) is 115 cm³/mol. The molecular formula is C21H15ClF3N3O4S. The predicted octanol–water partition coefficient (Wildman–Crippen LogP) is 4.23. The minimum Gasteiger partial charge on any atom is -0.280 e. The van der Waals surface area contributed by atoms with E-state index in [1.165, 1.54) is 24.3 Å². The molecule has 0 aliphatic rings. The maximum absolute atomic E-state index is 12.9. The van der Waals surface area contributed by atoms with Crippen LogP contribution in [0.5, 0.6) is 0 Å². The lowest BCUT2D eigenvalue weighted by atomic mass is 10.2. The van der Waals surface area contributed by atoms with Crippen LogP contribution in [0.1, 0.15) is 26.3 Å². The second-order valence-corrected chi connectivity index (χ2v) is 8.69. The molecule has 0 aliphatic heterocycles. The van der Waals surface area contributed by atoms with Gasteiger partial charge >= 0.3 is 6.18 Å². The van der Waals surface area contributed by atoms with Crippen molar-refractivity contribution in [1.29, 1.82) is 0 Å². The molecule has 2 amide bonds. The average molecular weight is 498 g/mol. The molecule has 3 aromatic carbocycles. The van der Waals surface area contributed by atoms with E-state index in [9.17, 15) is 31.2 Å². The highest BCUT2D eigenvalue weighted by Gasteiger charge is 2.30. The molecule has 0 heterocycles. The van der Waals surface area contributed by atoms with E-state index >= 15 is 0 Å². The van der Waals surface area contributed by atoms with Gasteiger partial charge in [-0.1, -0.05) is 35.9 Å². The largest absolute Gasteiger partial charge is 0.416 e. The second-order valence-electron chi connectivity index (χ2n) is 6.60. The first kappa shape index (κ1) is 24.1. The van der Waals surface area contributed by atoms with Gasteiger partial charge in [-0.3, -0.25) is 25.2 Å². The Hall–Kier alpha value is -3.57. The third-order valence-electron chi connectivity index (χ3n) is 4.26. The highest BCUT2D eigenvalue weighted by atomic mass is 35.5. The van der Waals surface area contributed by atoms with E-state index < -0.39 is 33.6 Å². The molecule has 172 valence electrons. The Morgan fingerprint density at radius 1 is 0.818 bits per heavy atom. The number of amides is 2. The zero-order valence-corrected chi connectivity index (χ0v) is 18.1. The average Bonchev–Trinajstić information content (AvgIpc) is 2.77. The second kappa shape index (κ2) is 9.51. The lowest BCUT2D eigenvalue weighted by Crippen LogP contribution is -2.41. The van der Waals surface area contributed by atoms with Crippen LogP contribution in [0.3, 0.4) is 0 Å². The molecule has 3 N–H and O–H groups in total. The van der Waals surface area contributed by atoms with Gasteiger partial charge < -0.3 is 0 Å². The first-order valence-corrected chi connectivity index (χ1v) is 11.0. The van der Waals surface area contributed by atoms with Crippen molar-refractivity contribution in [3.05, 3.63) is 94.5 Å². The van der Waals surface area contributed by atoms with Crippen LogP contribution in [-0.4, -0.2) is 20.2 Å². The summed E-state index contributed by atoms with van der Waals surface area (Å²) < 4.78 is 65.9. The number of hydrazine groups is 1. The molecule has 3 aromatic rings. The molecule has 0 aromatic heterocycles. The number of alkyl halides is 3. The fraction of sp³-hybridized carbons (Fsp3) is 0.0476. The molecule has 0 bridgehead atoms. The summed E-state index contributed by atoms with van der Waals surface area (Å²) in [5.41, 5.74) is 2.97. The van der Waals surface area contributed by atoms with Crippen LogP contribution in [0.15, 0.2) is 77.7 Å². The van der Waals surface area contributed by atoms with Gasteiger partial charge in [0.25, 0.3) is 21.8 Å². The fourth-order valence-corrected chi connectivity index (χ4v) is 3.99. The Morgan fingerprint density at radius 2 is 1.48 bits per heavy atom. The van der Waals surface area contributed by atoms with Gasteiger partial charge in [-0.15, -0.1) is 0 Å². The highest BCUT2D eigenvalue weighted by Crippen LogP contribution is 2.31. The van der Waals surface area contributed by atoms with E-state index in [0.29, 0.717) is 6.07 Å². The summed E-state index contributed by atoms with van der Waals surface area (Å²) in [6, 6.07) is 14.5. The molecule has 0 saturated heterocycles. The minimum atomic E-state index is -4.64. The third kappa shape index (κ3) is 6.02. The van der Waals surface area contributed by atoms with Crippen molar-refractivity contribution in [2.75, 3.05) is 4.72 Å². The molecule has 0 saturated carbocycles. The molecule has 0 aliphatic carbocycles. The molecule has 0 spiro atoms. The lowest BCUT2D eigenvalue weighted by molar-refractivity contribution is -0.137. The van der Waals surface area contributed by atoms with E-state index in [2.05, 4.69) is 10.9 Å². The topological polar surface area (TPSA) is 104 Å². The van der Waals surface area contributed by atoms with Crippen molar-refractivity contribution < 1.29 is 31.2 Å². The summed E-state index contributed by atoms with van der Waals surface area (Å²) in [7, 11) is -4.31. The van der Waals surface area contributed by atoms with Crippen molar-refractivity contribution >= 4 is 39.1 Å². The van der Waals surface area contributed by atoms with E-state index in [0.717, 1.165) is 30.3 Å². The Kier molecular flexibility index (Phi) is 6.94. The van der Waals surface area contributed by atoms with Crippen LogP contribution in [-0.2, 0) is 16.2 Å². The van der Waals surface area contributed by atoms with Gasteiger partial charge in [0.15, 0.2) is 0 Å². The molecule has 3 rings (SSSR count). The van der Waals surface area contributed by atoms with Gasteiger partial charge in [0.05, 0.1) is 21.0 Å². The highest BCUT2D eigenvalue weighted by molar-refractivity contribution is 7.92. The molecular weight excluding hydrogens is 483 g/mol. The Labute approximate surface area is 191 Å². The van der Waals surface area contributed by atoms with Crippen LogP contribution in [0.4, 0.5) is 18.9 Å². The van der Waals surface area contributed by atoms with E-state index in [1.54, 1.807) is 12.1 Å². The first-order chi connectivity index (χ1) is 15.5. The molecule has 0 atom stereocenters.